The molecule has 32 heavy (non-hydrogen) atoms. The van der Waals surface area contributed by atoms with Crippen molar-refractivity contribution in [2.24, 2.45) is 4.99 Å². The van der Waals surface area contributed by atoms with E-state index in [4.69, 9.17) is 0 Å². The van der Waals surface area contributed by atoms with Crippen LogP contribution in [0.2, 0.25) is 0 Å². The third kappa shape index (κ3) is 6.80. The summed E-state index contributed by atoms with van der Waals surface area (Å²) in [7, 11) is 1.87. The number of guanidine groups is 1. The summed E-state index contributed by atoms with van der Waals surface area (Å²) < 4.78 is 0. The molecule has 1 aromatic heterocycles. The van der Waals surface area contributed by atoms with Gasteiger partial charge in [0.2, 0.25) is 5.91 Å². The molecule has 2 unspecified atom stereocenters. The molecule has 0 radical (unpaired) electrons. The number of piperazine rings is 1. The van der Waals surface area contributed by atoms with Crippen molar-refractivity contribution < 1.29 is 4.79 Å². The van der Waals surface area contributed by atoms with Gasteiger partial charge in [0.1, 0.15) is 0 Å². The van der Waals surface area contributed by atoms with Crippen LogP contribution in [0.1, 0.15) is 45.2 Å². The Bertz CT molecular complexity index is 697. The Kier molecular flexibility index (Phi) is 11.7. The molecule has 1 aromatic rings. The predicted molar refractivity (Wildman–Crippen MR) is 145 cm³/mol. The normalized spacial score (nSPS) is 19.7. The number of rotatable bonds is 8. The Morgan fingerprint density at radius 1 is 1.12 bits per heavy atom. The van der Waals surface area contributed by atoms with E-state index in [9.17, 15) is 4.79 Å². The van der Waals surface area contributed by atoms with Crippen LogP contribution in [0, 0.1) is 0 Å². The largest absolute Gasteiger partial charge is 0.354 e. The molecule has 9 heteroatoms. The van der Waals surface area contributed by atoms with Crippen LogP contribution >= 0.6 is 35.3 Å². The Labute approximate surface area is 215 Å². The Morgan fingerprint density at radius 2 is 1.78 bits per heavy atom. The zero-order chi connectivity index (χ0) is 22.2. The minimum Gasteiger partial charge on any atom is -0.354 e. The summed E-state index contributed by atoms with van der Waals surface area (Å²) in [5.74, 6) is 1.26. The number of hydrogen-bond acceptors (Lipinski definition) is 5. The maximum absolute atomic E-state index is 12.8. The average molecular weight is 577 g/mol. The fraction of sp³-hybridized carbons (Fsp3) is 0.739. The lowest BCUT2D eigenvalue weighted by Gasteiger charge is -2.40. The van der Waals surface area contributed by atoms with Gasteiger partial charge in [-0.05, 0) is 55.2 Å². The monoisotopic (exact) mass is 576 g/mol. The zero-order valence-corrected chi connectivity index (χ0v) is 23.3. The smallest absolute Gasteiger partial charge is 0.239 e. The van der Waals surface area contributed by atoms with Crippen LogP contribution in [-0.4, -0.2) is 103 Å². The maximum Gasteiger partial charge on any atom is 0.239 e. The van der Waals surface area contributed by atoms with Gasteiger partial charge in [-0.3, -0.25) is 19.6 Å². The number of aliphatic imine (C=N–C) groups is 1. The Hall–Kier alpha value is -0.910. The van der Waals surface area contributed by atoms with E-state index in [0.717, 1.165) is 77.7 Å². The summed E-state index contributed by atoms with van der Waals surface area (Å²) in [6, 6.07) is 2.55. The minimum atomic E-state index is -0.0270. The van der Waals surface area contributed by atoms with Crippen LogP contribution in [0.5, 0.6) is 0 Å². The molecule has 2 aliphatic heterocycles. The van der Waals surface area contributed by atoms with E-state index in [-0.39, 0.29) is 30.0 Å². The first-order chi connectivity index (χ1) is 15.1. The number of nitrogens with zero attached hydrogens (tertiary/aromatic N) is 5. The maximum atomic E-state index is 12.8. The van der Waals surface area contributed by atoms with Crippen LogP contribution in [0.4, 0.5) is 0 Å². The molecule has 0 saturated carbocycles. The first-order valence-corrected chi connectivity index (χ1v) is 12.8. The van der Waals surface area contributed by atoms with Gasteiger partial charge in [0.05, 0.1) is 12.1 Å². The molecule has 0 spiro atoms. The average Bonchev–Trinajstić information content (AvgIpc) is 3.53. The molecule has 2 atom stereocenters. The van der Waals surface area contributed by atoms with Crippen LogP contribution in [0.15, 0.2) is 21.8 Å². The molecule has 3 heterocycles. The highest BCUT2D eigenvalue weighted by molar-refractivity contribution is 14.0. The number of nitrogens with one attached hydrogen (secondary N) is 1. The van der Waals surface area contributed by atoms with Gasteiger partial charge in [0.25, 0.3) is 0 Å². The molecule has 2 saturated heterocycles. The number of halogens is 1. The van der Waals surface area contributed by atoms with E-state index in [2.05, 4.69) is 62.6 Å². The van der Waals surface area contributed by atoms with Crippen molar-refractivity contribution in [1.29, 1.82) is 0 Å². The first kappa shape index (κ1) is 27.3. The fourth-order valence-electron chi connectivity index (χ4n) is 4.79. The topological polar surface area (TPSA) is 54.4 Å². The fourth-order valence-corrected chi connectivity index (χ4v) is 5.49. The quantitative estimate of drug-likeness (QED) is 0.293. The minimum absolute atomic E-state index is 0. The molecule has 2 aliphatic rings. The van der Waals surface area contributed by atoms with E-state index in [1.54, 1.807) is 11.3 Å². The molecule has 0 aromatic carbocycles. The molecule has 1 amide bonds. The second-order valence-electron chi connectivity index (χ2n) is 8.45. The van der Waals surface area contributed by atoms with Gasteiger partial charge >= 0.3 is 0 Å². The van der Waals surface area contributed by atoms with Gasteiger partial charge in [-0.1, -0.05) is 13.8 Å². The summed E-state index contributed by atoms with van der Waals surface area (Å²) in [6.07, 6.45) is 2.29. The van der Waals surface area contributed by atoms with Crippen molar-refractivity contribution >= 4 is 47.2 Å². The summed E-state index contributed by atoms with van der Waals surface area (Å²) >= 11 is 1.76. The number of thiophene rings is 1. The lowest BCUT2D eigenvalue weighted by molar-refractivity contribution is -0.135. The Morgan fingerprint density at radius 3 is 2.31 bits per heavy atom. The summed E-state index contributed by atoms with van der Waals surface area (Å²) in [6.45, 7) is 14.8. The number of likely N-dealkylation sites (N-methyl/N-ethyl adjacent to an activating group) is 1. The van der Waals surface area contributed by atoms with Gasteiger partial charge in [0.15, 0.2) is 5.96 Å². The lowest BCUT2D eigenvalue weighted by Crippen LogP contribution is -2.57. The van der Waals surface area contributed by atoms with Crippen molar-refractivity contribution in [2.45, 2.75) is 45.7 Å². The SMILES string of the molecule is CCN(CC)C(CNC(=NC)N1CCN(C(C)C(=O)N2CCCC2)CC1)c1ccsc1.I. The highest BCUT2D eigenvalue weighted by Gasteiger charge is 2.30. The number of carbonyl (C=O) groups excluding carboxylic acids is 1. The van der Waals surface area contributed by atoms with E-state index in [0.29, 0.717) is 11.9 Å². The van der Waals surface area contributed by atoms with Crippen molar-refractivity contribution in [3.8, 4) is 0 Å². The third-order valence-corrected chi connectivity index (χ3v) is 7.48. The van der Waals surface area contributed by atoms with Gasteiger partial charge in [-0.25, -0.2) is 0 Å². The van der Waals surface area contributed by atoms with E-state index < -0.39 is 0 Å². The number of hydrogen-bond donors (Lipinski definition) is 1. The number of carbonyl (C=O) groups is 1. The van der Waals surface area contributed by atoms with Crippen LogP contribution in [0.25, 0.3) is 0 Å². The van der Waals surface area contributed by atoms with E-state index >= 15 is 0 Å². The second-order valence-corrected chi connectivity index (χ2v) is 9.23. The number of amides is 1. The van der Waals surface area contributed by atoms with Crippen molar-refractivity contribution in [1.82, 2.24) is 24.9 Å². The van der Waals surface area contributed by atoms with E-state index in [1.807, 2.05) is 11.9 Å². The summed E-state index contributed by atoms with van der Waals surface area (Å²) in [4.78, 5) is 26.5. The molecule has 182 valence electrons. The summed E-state index contributed by atoms with van der Waals surface area (Å²) in [5, 5.41) is 8.05. The second kappa shape index (κ2) is 13.7. The molecular weight excluding hydrogens is 535 g/mol. The van der Waals surface area contributed by atoms with Crippen LogP contribution < -0.4 is 5.32 Å². The van der Waals surface area contributed by atoms with Gasteiger partial charge < -0.3 is 15.1 Å². The standard InChI is InChI=1S/C23H40N6OS.HI/c1-5-26(6-2)21(20-9-16-31-18-20)17-25-23(24-4)29-14-12-27(13-15-29)19(3)22(30)28-10-7-8-11-28;/h9,16,18-19,21H,5-8,10-15,17H2,1-4H3,(H,24,25);1H. The van der Waals surface area contributed by atoms with E-state index in [1.165, 1.54) is 5.56 Å². The molecular formula is C23H41IN6OS. The molecule has 1 N–H and O–H groups in total. The zero-order valence-electron chi connectivity index (χ0n) is 20.1. The predicted octanol–water partition coefficient (Wildman–Crippen LogP) is 2.95. The van der Waals surface area contributed by atoms with Crippen LogP contribution in [0.3, 0.4) is 0 Å². The third-order valence-electron chi connectivity index (χ3n) is 6.78. The van der Waals surface area contributed by atoms with Gasteiger partial charge in [-0.15, -0.1) is 24.0 Å². The molecule has 7 nitrogen and oxygen atoms in total. The lowest BCUT2D eigenvalue weighted by atomic mass is 10.1. The molecule has 0 aliphatic carbocycles. The molecule has 3 rings (SSSR count). The Balaban J connectivity index is 0.00000363. The van der Waals surface area contributed by atoms with Crippen LogP contribution in [-0.2, 0) is 4.79 Å². The van der Waals surface area contributed by atoms with Gasteiger partial charge in [-0.2, -0.15) is 11.3 Å². The molecule has 0 bridgehead atoms. The first-order valence-electron chi connectivity index (χ1n) is 11.8. The van der Waals surface area contributed by atoms with Crippen molar-refractivity contribution in [2.75, 3.05) is 66.0 Å². The highest BCUT2D eigenvalue weighted by Crippen LogP contribution is 2.22. The molecule has 2 fully saturated rings. The number of likely N-dealkylation sites (tertiary alicyclic amines) is 1. The summed E-state index contributed by atoms with van der Waals surface area (Å²) in [5.41, 5.74) is 1.37. The highest BCUT2D eigenvalue weighted by atomic mass is 127. The van der Waals surface area contributed by atoms with Crippen molar-refractivity contribution in [3.63, 3.8) is 0 Å². The van der Waals surface area contributed by atoms with Gasteiger partial charge in [0, 0.05) is 52.9 Å². The van der Waals surface area contributed by atoms with Crippen molar-refractivity contribution in [3.05, 3.63) is 22.4 Å².